The average molecular weight is 335 g/mol. The molecule has 0 atom stereocenters. The van der Waals surface area contributed by atoms with Crippen LogP contribution < -0.4 is 14.2 Å². The smallest absolute Gasteiger partial charge is 0.244 e. The van der Waals surface area contributed by atoms with Gasteiger partial charge in [-0.2, -0.15) is 11.8 Å². The predicted octanol–water partition coefficient (Wildman–Crippen LogP) is 1.10. The molecular weight excluding hydrogens is 314 g/mol. The Morgan fingerprint density at radius 3 is 2.62 bits per heavy atom. The van der Waals surface area contributed by atoms with Crippen LogP contribution in [0.4, 0.5) is 0 Å². The van der Waals surface area contributed by atoms with E-state index in [4.69, 9.17) is 14.6 Å². The van der Waals surface area contributed by atoms with E-state index in [1.165, 1.54) is 26.4 Å². The van der Waals surface area contributed by atoms with Crippen LogP contribution in [0.2, 0.25) is 0 Å². The summed E-state index contributed by atoms with van der Waals surface area (Å²) in [5.74, 6) is 2.24. The molecule has 0 aliphatic heterocycles. The van der Waals surface area contributed by atoms with E-state index in [0.717, 1.165) is 5.75 Å². The van der Waals surface area contributed by atoms with Crippen LogP contribution in [0.1, 0.15) is 6.42 Å². The number of aliphatic hydroxyl groups excluding tert-OH is 1. The molecule has 0 aliphatic carbocycles. The van der Waals surface area contributed by atoms with Gasteiger partial charge in [-0.05, 0) is 24.3 Å². The summed E-state index contributed by atoms with van der Waals surface area (Å²) in [7, 11) is -0.694. The highest BCUT2D eigenvalue weighted by molar-refractivity contribution is 7.99. The van der Waals surface area contributed by atoms with Gasteiger partial charge in [-0.15, -0.1) is 0 Å². The van der Waals surface area contributed by atoms with Crippen LogP contribution in [0.5, 0.6) is 11.5 Å². The lowest BCUT2D eigenvalue weighted by Crippen LogP contribution is -2.26. The van der Waals surface area contributed by atoms with Crippen molar-refractivity contribution in [2.24, 2.45) is 0 Å². The largest absolute Gasteiger partial charge is 0.497 e. The van der Waals surface area contributed by atoms with Gasteiger partial charge in [0, 0.05) is 25.0 Å². The minimum atomic E-state index is -3.61. The zero-order valence-electron chi connectivity index (χ0n) is 12.2. The number of hydrogen-bond acceptors (Lipinski definition) is 6. The van der Waals surface area contributed by atoms with Gasteiger partial charge in [0.1, 0.15) is 16.4 Å². The van der Waals surface area contributed by atoms with Crippen LogP contribution in [0, 0.1) is 0 Å². The second-order valence-corrected chi connectivity index (χ2v) is 7.06. The Kier molecular flexibility index (Phi) is 7.87. The van der Waals surface area contributed by atoms with Crippen LogP contribution in [0.25, 0.3) is 0 Å². The summed E-state index contributed by atoms with van der Waals surface area (Å²) in [6, 6.07) is 4.57. The fourth-order valence-corrected chi connectivity index (χ4v) is 3.69. The third kappa shape index (κ3) is 5.74. The van der Waals surface area contributed by atoms with Crippen molar-refractivity contribution < 1.29 is 23.0 Å². The molecule has 0 heterocycles. The van der Waals surface area contributed by atoms with Crippen molar-refractivity contribution in [2.45, 2.75) is 11.3 Å². The first-order valence-corrected chi connectivity index (χ1v) is 9.09. The van der Waals surface area contributed by atoms with Crippen molar-refractivity contribution in [1.82, 2.24) is 4.72 Å². The molecule has 0 saturated carbocycles. The maximum absolute atomic E-state index is 12.2. The Hall–Kier alpha value is -0.960. The van der Waals surface area contributed by atoms with Crippen molar-refractivity contribution in [3.63, 3.8) is 0 Å². The van der Waals surface area contributed by atoms with Gasteiger partial charge in [0.25, 0.3) is 0 Å². The number of methoxy groups -OCH3 is 2. The summed E-state index contributed by atoms with van der Waals surface area (Å²) < 4.78 is 37.1. The molecule has 0 fully saturated rings. The Labute approximate surface area is 129 Å². The van der Waals surface area contributed by atoms with E-state index in [1.807, 2.05) is 0 Å². The summed E-state index contributed by atoms with van der Waals surface area (Å²) in [6.45, 7) is 0.482. The summed E-state index contributed by atoms with van der Waals surface area (Å²) in [5.41, 5.74) is 0. The van der Waals surface area contributed by atoms with E-state index in [2.05, 4.69) is 4.72 Å². The van der Waals surface area contributed by atoms with Gasteiger partial charge >= 0.3 is 0 Å². The second-order valence-electron chi connectivity index (χ2n) is 4.10. The molecule has 21 heavy (non-hydrogen) atoms. The van der Waals surface area contributed by atoms with E-state index in [-0.39, 0.29) is 17.3 Å². The lowest BCUT2D eigenvalue weighted by atomic mass is 10.3. The van der Waals surface area contributed by atoms with E-state index >= 15 is 0 Å². The summed E-state index contributed by atoms with van der Waals surface area (Å²) in [4.78, 5) is 0.0890. The Morgan fingerprint density at radius 2 is 2.00 bits per heavy atom. The normalized spacial score (nSPS) is 11.4. The predicted molar refractivity (Wildman–Crippen MR) is 83.8 cm³/mol. The highest BCUT2D eigenvalue weighted by Gasteiger charge is 2.19. The maximum atomic E-state index is 12.2. The number of sulfonamides is 1. The molecule has 0 aromatic heterocycles. The lowest BCUT2D eigenvalue weighted by Gasteiger charge is -2.11. The molecule has 1 aromatic carbocycles. The lowest BCUT2D eigenvalue weighted by molar-refractivity contribution is 0.296. The summed E-state index contributed by atoms with van der Waals surface area (Å²) >= 11 is 1.59. The van der Waals surface area contributed by atoms with E-state index in [1.54, 1.807) is 17.8 Å². The van der Waals surface area contributed by atoms with Gasteiger partial charge in [0.15, 0.2) is 0 Å². The first-order chi connectivity index (χ1) is 10.0. The third-order valence-electron chi connectivity index (χ3n) is 2.65. The third-order valence-corrected chi connectivity index (χ3v) is 5.22. The number of nitrogens with one attached hydrogen (secondary N) is 1. The fourth-order valence-electron chi connectivity index (χ4n) is 1.59. The molecule has 1 rings (SSSR count). The van der Waals surface area contributed by atoms with Crippen molar-refractivity contribution in [1.29, 1.82) is 0 Å². The molecule has 0 unspecified atom stereocenters. The first-order valence-electron chi connectivity index (χ1n) is 6.45. The number of hydrogen-bond donors (Lipinski definition) is 2. The monoisotopic (exact) mass is 335 g/mol. The fraction of sp³-hybridized carbons (Fsp3) is 0.538. The summed E-state index contributed by atoms with van der Waals surface area (Å²) in [6.07, 6.45) is 0.712. The zero-order chi connectivity index (χ0) is 15.7. The van der Waals surface area contributed by atoms with Gasteiger partial charge < -0.3 is 14.6 Å². The van der Waals surface area contributed by atoms with E-state index in [0.29, 0.717) is 24.5 Å². The zero-order valence-corrected chi connectivity index (χ0v) is 13.8. The van der Waals surface area contributed by atoms with Crippen LogP contribution in [0.15, 0.2) is 23.1 Å². The highest BCUT2D eigenvalue weighted by Crippen LogP contribution is 2.28. The molecular formula is C13H21NO5S2. The van der Waals surface area contributed by atoms with Crippen LogP contribution in [-0.4, -0.2) is 52.4 Å². The molecule has 120 valence electrons. The number of aliphatic hydroxyl groups is 1. The number of rotatable bonds is 10. The van der Waals surface area contributed by atoms with Gasteiger partial charge in [-0.3, -0.25) is 0 Å². The van der Waals surface area contributed by atoms with Gasteiger partial charge in [0.05, 0.1) is 14.2 Å². The Morgan fingerprint density at radius 1 is 1.24 bits per heavy atom. The van der Waals surface area contributed by atoms with Gasteiger partial charge in [0.2, 0.25) is 10.0 Å². The van der Waals surface area contributed by atoms with Crippen molar-refractivity contribution in [3.8, 4) is 11.5 Å². The molecule has 1 aromatic rings. The standard InChI is InChI=1S/C13H21NO5S2/c1-18-11-4-5-13(12(10-11)19-2)21(16,17)14-6-9-20-8-3-7-15/h4-5,10,14-15H,3,6-9H2,1-2H3. The van der Waals surface area contributed by atoms with Crippen LogP contribution >= 0.6 is 11.8 Å². The summed E-state index contributed by atoms with van der Waals surface area (Å²) in [5, 5.41) is 8.65. The number of thioether (sulfide) groups is 1. The van der Waals surface area contributed by atoms with Gasteiger partial charge in [-0.1, -0.05) is 0 Å². The van der Waals surface area contributed by atoms with Crippen molar-refractivity contribution in [2.75, 3.05) is 38.9 Å². The molecule has 0 spiro atoms. The van der Waals surface area contributed by atoms with E-state index in [9.17, 15) is 8.42 Å². The molecule has 2 N–H and O–H groups in total. The van der Waals surface area contributed by atoms with Crippen LogP contribution in [0.3, 0.4) is 0 Å². The molecule has 0 amide bonds. The molecule has 0 saturated heterocycles. The molecule has 6 nitrogen and oxygen atoms in total. The topological polar surface area (TPSA) is 84.9 Å². The molecule has 0 bridgehead atoms. The van der Waals surface area contributed by atoms with E-state index < -0.39 is 10.0 Å². The number of benzene rings is 1. The number of ether oxygens (including phenoxy) is 2. The molecule has 0 aliphatic rings. The maximum Gasteiger partial charge on any atom is 0.244 e. The SMILES string of the molecule is COc1ccc(S(=O)(=O)NCCSCCCO)c(OC)c1. The second kappa shape index (κ2) is 9.14. The quantitative estimate of drug-likeness (QED) is 0.623. The Balaban J connectivity index is 2.65. The van der Waals surface area contributed by atoms with Gasteiger partial charge in [-0.25, -0.2) is 13.1 Å². The molecule has 8 heteroatoms. The van der Waals surface area contributed by atoms with Crippen molar-refractivity contribution in [3.05, 3.63) is 18.2 Å². The molecule has 0 radical (unpaired) electrons. The first kappa shape index (κ1) is 18.1. The van der Waals surface area contributed by atoms with Crippen LogP contribution in [-0.2, 0) is 10.0 Å². The minimum Gasteiger partial charge on any atom is -0.497 e. The van der Waals surface area contributed by atoms with Crippen molar-refractivity contribution >= 4 is 21.8 Å². The average Bonchev–Trinajstić information content (AvgIpc) is 2.50. The Bertz CT molecular complexity index is 533. The minimum absolute atomic E-state index is 0.0890. The highest BCUT2D eigenvalue weighted by atomic mass is 32.2.